The van der Waals surface area contributed by atoms with Gasteiger partial charge in [0.2, 0.25) is 27.6 Å². The summed E-state index contributed by atoms with van der Waals surface area (Å²) in [6.07, 6.45) is 6.98. The van der Waals surface area contributed by atoms with E-state index in [1.54, 1.807) is 30.3 Å². The zero-order chi connectivity index (χ0) is 35.3. The quantitative estimate of drug-likeness (QED) is 0.195. The van der Waals surface area contributed by atoms with E-state index in [9.17, 15) is 22.8 Å². The number of piperidine rings is 1. The van der Waals surface area contributed by atoms with Gasteiger partial charge in [-0.05, 0) is 86.9 Å². The number of ketones is 1. The summed E-state index contributed by atoms with van der Waals surface area (Å²) in [5, 5.41) is 6.89. The molecule has 2 amide bonds. The summed E-state index contributed by atoms with van der Waals surface area (Å²) in [4.78, 5) is 48.2. The van der Waals surface area contributed by atoms with Gasteiger partial charge in [-0.1, -0.05) is 55.1 Å². The van der Waals surface area contributed by atoms with Crippen molar-refractivity contribution in [3.05, 3.63) is 65.0 Å². The molecule has 3 N–H and O–H groups in total. The van der Waals surface area contributed by atoms with Crippen LogP contribution in [0, 0.1) is 11.8 Å². The number of rotatable bonds is 15. The molecule has 1 aromatic heterocycles. The number of halogens is 1. The van der Waals surface area contributed by atoms with Gasteiger partial charge < -0.3 is 24.7 Å². The molecule has 12 nitrogen and oxygen atoms in total. The predicted octanol–water partition coefficient (Wildman–Crippen LogP) is 4.22. The monoisotopic (exact) mass is 727 g/mol. The van der Waals surface area contributed by atoms with E-state index in [2.05, 4.69) is 20.3 Å². The summed E-state index contributed by atoms with van der Waals surface area (Å²) in [5.41, 5.74) is 1.90. The number of benzene rings is 2. The summed E-state index contributed by atoms with van der Waals surface area (Å²) in [7, 11) is -3.75. The second kappa shape index (κ2) is 16.3. The van der Waals surface area contributed by atoms with Crippen LogP contribution in [-0.2, 0) is 31.0 Å². The highest BCUT2D eigenvalue weighted by atomic mass is 35.5. The summed E-state index contributed by atoms with van der Waals surface area (Å²) in [6, 6.07) is 11.4. The van der Waals surface area contributed by atoms with Crippen LogP contribution in [0.5, 0.6) is 0 Å². The van der Waals surface area contributed by atoms with E-state index in [1.165, 1.54) is 4.90 Å². The third-order valence-corrected chi connectivity index (χ3v) is 11.1. The van der Waals surface area contributed by atoms with Crippen LogP contribution in [0.1, 0.15) is 74.0 Å². The molecule has 2 saturated heterocycles. The van der Waals surface area contributed by atoms with Crippen molar-refractivity contribution in [1.82, 2.24) is 25.2 Å². The first kappa shape index (κ1) is 36.4. The van der Waals surface area contributed by atoms with E-state index in [0.717, 1.165) is 57.0 Å². The van der Waals surface area contributed by atoms with Crippen LogP contribution in [0.3, 0.4) is 0 Å². The first-order chi connectivity index (χ1) is 24.0. The number of sulfonamides is 1. The molecule has 270 valence electrons. The van der Waals surface area contributed by atoms with Crippen molar-refractivity contribution in [3.63, 3.8) is 0 Å². The fourth-order valence-corrected chi connectivity index (χ4v) is 8.02. The number of carbonyl (C=O) groups is 3. The molecular formula is C36H46ClN5O7S. The number of amides is 2. The summed E-state index contributed by atoms with van der Waals surface area (Å²) >= 11 is 6.05. The Morgan fingerprint density at radius 1 is 1.04 bits per heavy atom. The highest BCUT2D eigenvalue weighted by molar-refractivity contribution is 7.88. The van der Waals surface area contributed by atoms with Crippen LogP contribution in [0.25, 0.3) is 11.1 Å². The lowest BCUT2D eigenvalue weighted by molar-refractivity contribution is -0.140. The zero-order valence-electron chi connectivity index (χ0n) is 28.3. The number of hydrogen-bond donors (Lipinski definition) is 3. The number of likely N-dealkylation sites (tertiary alicyclic amines) is 1. The van der Waals surface area contributed by atoms with Crippen molar-refractivity contribution in [2.24, 2.45) is 11.8 Å². The molecule has 1 aliphatic carbocycles. The number of para-hydroxylation sites is 2. The van der Waals surface area contributed by atoms with Gasteiger partial charge in [0.25, 0.3) is 5.89 Å². The number of ether oxygens (including phenoxy) is 1. The average Bonchev–Trinajstić information content (AvgIpc) is 3.72. The van der Waals surface area contributed by atoms with Gasteiger partial charge in [-0.2, -0.15) is 0 Å². The van der Waals surface area contributed by atoms with Gasteiger partial charge in [0.05, 0.1) is 25.0 Å². The van der Waals surface area contributed by atoms with E-state index < -0.39 is 51.9 Å². The molecule has 6 rings (SSSR count). The molecule has 14 heteroatoms. The van der Waals surface area contributed by atoms with Gasteiger partial charge in [-0.3, -0.25) is 14.4 Å². The minimum atomic E-state index is -3.75. The normalized spacial score (nSPS) is 21.5. The molecule has 2 aromatic carbocycles. The number of oxazole rings is 1. The third-order valence-electron chi connectivity index (χ3n) is 10.2. The van der Waals surface area contributed by atoms with Gasteiger partial charge >= 0.3 is 0 Å². The topological polar surface area (TPSA) is 160 Å². The number of aromatic nitrogens is 1. The second-order valence-corrected chi connectivity index (χ2v) is 16.2. The molecule has 3 fully saturated rings. The molecule has 2 aliphatic heterocycles. The Kier molecular flexibility index (Phi) is 11.9. The minimum Gasteiger partial charge on any atom is -0.434 e. The maximum absolute atomic E-state index is 14.3. The molecule has 4 atom stereocenters. The van der Waals surface area contributed by atoms with Gasteiger partial charge in [0.1, 0.15) is 17.6 Å². The fourth-order valence-electron chi connectivity index (χ4n) is 7.16. The molecule has 0 spiro atoms. The first-order valence-electron chi connectivity index (χ1n) is 17.6. The van der Waals surface area contributed by atoms with Gasteiger partial charge in [-0.15, -0.1) is 0 Å². The van der Waals surface area contributed by atoms with Crippen LogP contribution < -0.4 is 15.4 Å². The smallest absolute Gasteiger partial charge is 0.266 e. The van der Waals surface area contributed by atoms with Crippen molar-refractivity contribution in [1.29, 1.82) is 0 Å². The number of fused-ring (bicyclic) bond motifs is 1. The molecule has 0 radical (unpaired) electrons. The number of nitrogens with zero attached hydrogens (tertiary/aromatic N) is 2. The highest BCUT2D eigenvalue weighted by Crippen LogP contribution is 2.32. The number of carbonyl (C=O) groups excluding carboxylic acids is 3. The van der Waals surface area contributed by atoms with Gasteiger partial charge in [-0.25, -0.2) is 18.1 Å². The molecule has 0 bridgehead atoms. The molecule has 1 saturated carbocycles. The number of Topliss-reactive ketones (excluding diaryl/α,β-unsaturated/α-hetero) is 1. The van der Waals surface area contributed by atoms with Crippen LogP contribution in [0.2, 0.25) is 5.02 Å². The third kappa shape index (κ3) is 9.49. The molecule has 50 heavy (non-hydrogen) atoms. The Balaban J connectivity index is 1.22. The lowest BCUT2D eigenvalue weighted by atomic mass is 9.80. The summed E-state index contributed by atoms with van der Waals surface area (Å²) < 4.78 is 39.5. The van der Waals surface area contributed by atoms with Gasteiger partial charge in [0, 0.05) is 18.0 Å². The van der Waals surface area contributed by atoms with Crippen molar-refractivity contribution in [2.75, 3.05) is 25.9 Å². The highest BCUT2D eigenvalue weighted by Gasteiger charge is 2.44. The molecule has 3 aromatic rings. The average molecular weight is 728 g/mol. The van der Waals surface area contributed by atoms with Crippen molar-refractivity contribution >= 4 is 50.3 Å². The number of nitrogens with one attached hydrogen (secondary N) is 3. The van der Waals surface area contributed by atoms with E-state index >= 15 is 0 Å². The maximum atomic E-state index is 14.3. The lowest BCUT2D eigenvalue weighted by Crippen LogP contribution is -2.55. The van der Waals surface area contributed by atoms with E-state index in [0.29, 0.717) is 41.3 Å². The minimum absolute atomic E-state index is 0.0744. The largest absolute Gasteiger partial charge is 0.434 e. The fraction of sp³-hybridized carbons (Fsp3) is 0.556. The van der Waals surface area contributed by atoms with Crippen molar-refractivity contribution in [3.8, 4) is 0 Å². The summed E-state index contributed by atoms with van der Waals surface area (Å²) in [5.74, 6) is -0.847. The molecule has 3 aliphatic rings. The van der Waals surface area contributed by atoms with E-state index in [4.69, 9.17) is 20.8 Å². The Hall–Kier alpha value is -3.36. The predicted molar refractivity (Wildman–Crippen MR) is 189 cm³/mol. The van der Waals surface area contributed by atoms with Crippen LogP contribution in [-0.4, -0.2) is 86.0 Å². The van der Waals surface area contributed by atoms with Gasteiger partial charge in [0.15, 0.2) is 5.58 Å². The van der Waals surface area contributed by atoms with E-state index in [1.807, 2.05) is 18.2 Å². The standard InChI is InChI=1S/C36H46ClN5O7S/c1-50(46,47)41-29(14-11-23-15-17-38-18-16-23)36(45)42-21-27(48-22-25-9-12-26(37)13-10-25)20-31(42)34(44)39-30(19-24-5-4-6-24)33(43)35-40-28-7-2-3-8-32(28)49-35/h2-3,7-10,12-13,23-24,27,29-31,38,41H,4-6,11,14-22H2,1H3,(H,39,44)/t27-,29-,30+,31+/m1/s1. The zero-order valence-corrected chi connectivity index (χ0v) is 29.9. The van der Waals surface area contributed by atoms with Crippen molar-refractivity contribution < 1.29 is 32.0 Å². The van der Waals surface area contributed by atoms with Crippen LogP contribution in [0.15, 0.2) is 52.9 Å². The number of hydrogen-bond acceptors (Lipinski definition) is 9. The molecule has 3 heterocycles. The van der Waals surface area contributed by atoms with Crippen LogP contribution >= 0.6 is 11.6 Å². The Bertz CT molecular complexity index is 1720. The Morgan fingerprint density at radius 2 is 1.78 bits per heavy atom. The maximum Gasteiger partial charge on any atom is 0.266 e. The SMILES string of the molecule is CS(=O)(=O)N[C@H](CCC1CCNCC1)C(=O)N1C[C@H](OCc2ccc(Cl)cc2)C[C@H]1C(=O)N[C@@H](CC1CCC1)C(=O)c1nc2ccccc2o1. The molecular weight excluding hydrogens is 682 g/mol. The molecule has 0 unspecified atom stereocenters. The lowest BCUT2D eigenvalue weighted by Gasteiger charge is -2.32. The summed E-state index contributed by atoms with van der Waals surface area (Å²) in [6.45, 7) is 2.09. The Labute approximate surface area is 298 Å². The van der Waals surface area contributed by atoms with E-state index in [-0.39, 0.29) is 31.4 Å². The second-order valence-electron chi connectivity index (χ2n) is 14.0. The van der Waals surface area contributed by atoms with Crippen molar-refractivity contribution in [2.45, 2.75) is 88.6 Å². The first-order valence-corrected chi connectivity index (χ1v) is 19.8. The van der Waals surface area contributed by atoms with Crippen LogP contribution in [0.4, 0.5) is 0 Å². The Morgan fingerprint density at radius 3 is 2.46 bits per heavy atom.